The number of likely N-dealkylation sites (tertiary alicyclic amines) is 1. The molecule has 0 amide bonds. The van der Waals surface area contributed by atoms with Crippen LogP contribution < -0.4 is 5.32 Å². The molecule has 1 N–H and O–H groups in total. The first-order valence-electron chi connectivity index (χ1n) is 7.34. The molecule has 0 saturated carbocycles. The Bertz CT molecular complexity index is 662. The number of halogens is 1. The van der Waals surface area contributed by atoms with Gasteiger partial charge in [0, 0.05) is 44.2 Å². The number of hydrogen-bond donors (Lipinski definition) is 1. The van der Waals surface area contributed by atoms with Crippen molar-refractivity contribution >= 4 is 33.2 Å². The third kappa shape index (κ3) is 3.52. The van der Waals surface area contributed by atoms with E-state index in [0.29, 0.717) is 5.92 Å². The van der Waals surface area contributed by atoms with Crippen LogP contribution in [0.1, 0.15) is 22.8 Å². The van der Waals surface area contributed by atoms with Gasteiger partial charge in [-0.25, -0.2) is 0 Å². The summed E-state index contributed by atoms with van der Waals surface area (Å²) in [5.74, 6) is 1.53. The monoisotopic (exact) mass is 381 g/mol. The highest BCUT2D eigenvalue weighted by Gasteiger charge is 2.26. The molecule has 1 aliphatic rings. The van der Waals surface area contributed by atoms with Gasteiger partial charge in [0.2, 0.25) is 0 Å². The van der Waals surface area contributed by atoms with E-state index in [0.717, 1.165) is 35.8 Å². The largest absolute Gasteiger partial charge is 0.351 e. The number of nitrogens with zero attached hydrogens (tertiary/aromatic N) is 4. The van der Waals surface area contributed by atoms with Crippen LogP contribution in [0, 0.1) is 0 Å². The first-order chi connectivity index (χ1) is 10.7. The van der Waals surface area contributed by atoms with Crippen molar-refractivity contribution < 1.29 is 0 Å². The van der Waals surface area contributed by atoms with Gasteiger partial charge in [-0.2, -0.15) is 5.10 Å². The van der Waals surface area contributed by atoms with Crippen LogP contribution in [0.2, 0.25) is 0 Å². The number of rotatable bonds is 3. The molecule has 7 heteroatoms. The zero-order chi connectivity index (χ0) is 15.5. The van der Waals surface area contributed by atoms with E-state index in [1.807, 2.05) is 25.0 Å². The maximum absolute atomic E-state index is 4.43. The molecule has 3 rings (SSSR count). The number of thiophene rings is 1. The summed E-state index contributed by atoms with van der Waals surface area (Å²) in [4.78, 5) is 8.06. The van der Waals surface area contributed by atoms with Crippen molar-refractivity contribution in [3.63, 3.8) is 0 Å². The molecule has 1 atom stereocenters. The summed E-state index contributed by atoms with van der Waals surface area (Å²) >= 11 is 5.25. The molecule has 1 aliphatic heterocycles. The molecule has 5 nitrogen and oxygen atoms in total. The SMILES string of the molecule is CN=C(NCc1ccc(Br)s1)N1CCC(c2cnn(C)c2)C1. The Balaban J connectivity index is 1.58. The molecule has 0 aliphatic carbocycles. The Morgan fingerprint density at radius 1 is 1.55 bits per heavy atom. The average molecular weight is 382 g/mol. The Hall–Kier alpha value is -1.34. The van der Waals surface area contributed by atoms with Gasteiger partial charge >= 0.3 is 0 Å². The fourth-order valence-corrected chi connectivity index (χ4v) is 4.24. The summed E-state index contributed by atoms with van der Waals surface area (Å²) in [7, 11) is 3.82. The molecule has 1 saturated heterocycles. The smallest absolute Gasteiger partial charge is 0.193 e. The first-order valence-corrected chi connectivity index (χ1v) is 8.95. The van der Waals surface area contributed by atoms with E-state index in [1.165, 1.54) is 10.4 Å². The van der Waals surface area contributed by atoms with Gasteiger partial charge in [-0.1, -0.05) is 0 Å². The van der Waals surface area contributed by atoms with E-state index in [2.05, 4.69) is 54.6 Å². The zero-order valence-electron chi connectivity index (χ0n) is 12.8. The quantitative estimate of drug-likeness (QED) is 0.656. The highest BCUT2D eigenvalue weighted by Crippen LogP contribution is 2.27. The Morgan fingerprint density at radius 3 is 3.05 bits per heavy atom. The molecule has 0 radical (unpaired) electrons. The lowest BCUT2D eigenvalue weighted by molar-refractivity contribution is 0.486. The Morgan fingerprint density at radius 2 is 2.41 bits per heavy atom. The fourth-order valence-electron chi connectivity index (χ4n) is 2.82. The molecule has 1 fully saturated rings. The highest BCUT2D eigenvalue weighted by molar-refractivity contribution is 9.11. The summed E-state index contributed by atoms with van der Waals surface area (Å²) in [6.45, 7) is 2.85. The summed E-state index contributed by atoms with van der Waals surface area (Å²) in [5.41, 5.74) is 1.32. The van der Waals surface area contributed by atoms with Gasteiger partial charge in [0.25, 0.3) is 0 Å². The van der Waals surface area contributed by atoms with Crippen molar-refractivity contribution in [1.29, 1.82) is 0 Å². The molecule has 0 spiro atoms. The van der Waals surface area contributed by atoms with Crippen molar-refractivity contribution in [1.82, 2.24) is 20.0 Å². The highest BCUT2D eigenvalue weighted by atomic mass is 79.9. The summed E-state index contributed by atoms with van der Waals surface area (Å²) in [5, 5.41) is 7.74. The molecule has 0 bridgehead atoms. The number of aromatic nitrogens is 2. The van der Waals surface area contributed by atoms with Crippen molar-refractivity contribution in [2.75, 3.05) is 20.1 Å². The van der Waals surface area contributed by atoms with E-state index in [4.69, 9.17) is 0 Å². The van der Waals surface area contributed by atoms with Crippen LogP contribution in [0.25, 0.3) is 0 Å². The third-order valence-electron chi connectivity index (χ3n) is 3.95. The van der Waals surface area contributed by atoms with Gasteiger partial charge in [0.1, 0.15) is 0 Å². The van der Waals surface area contributed by atoms with Crippen LogP contribution in [0.15, 0.2) is 33.3 Å². The van der Waals surface area contributed by atoms with Crippen LogP contribution in [-0.4, -0.2) is 40.8 Å². The second-order valence-electron chi connectivity index (χ2n) is 5.49. The minimum Gasteiger partial charge on any atom is -0.351 e. The van der Waals surface area contributed by atoms with E-state index in [1.54, 1.807) is 11.3 Å². The molecular formula is C15H20BrN5S. The van der Waals surface area contributed by atoms with Crippen molar-refractivity contribution in [2.45, 2.75) is 18.9 Å². The summed E-state index contributed by atoms with van der Waals surface area (Å²) < 4.78 is 3.04. The van der Waals surface area contributed by atoms with Crippen molar-refractivity contribution in [2.24, 2.45) is 12.0 Å². The van der Waals surface area contributed by atoms with Gasteiger partial charge in [0.05, 0.1) is 16.5 Å². The number of nitrogens with one attached hydrogen (secondary N) is 1. The van der Waals surface area contributed by atoms with Crippen LogP contribution in [-0.2, 0) is 13.6 Å². The van der Waals surface area contributed by atoms with Crippen LogP contribution in [0.4, 0.5) is 0 Å². The topological polar surface area (TPSA) is 45.5 Å². The lowest BCUT2D eigenvalue weighted by Gasteiger charge is -2.21. The molecule has 2 aromatic heterocycles. The minimum absolute atomic E-state index is 0.545. The van der Waals surface area contributed by atoms with Crippen LogP contribution in [0.5, 0.6) is 0 Å². The average Bonchev–Trinajstić information content (AvgIpc) is 3.21. The van der Waals surface area contributed by atoms with Crippen molar-refractivity contribution in [3.05, 3.63) is 38.8 Å². The molecule has 3 heterocycles. The standard InChI is InChI=1S/C15H20BrN5S/c1-17-15(18-8-13-3-4-14(16)22-13)21-6-5-11(10-21)12-7-19-20(2)9-12/h3-4,7,9,11H,5-6,8,10H2,1-2H3,(H,17,18). The fraction of sp³-hybridized carbons (Fsp3) is 0.467. The predicted octanol–water partition coefficient (Wildman–Crippen LogP) is 2.81. The van der Waals surface area contributed by atoms with Crippen molar-refractivity contribution in [3.8, 4) is 0 Å². The second kappa shape index (κ2) is 6.83. The number of aryl methyl sites for hydroxylation is 1. The van der Waals surface area contributed by atoms with Gasteiger partial charge in [0.15, 0.2) is 5.96 Å². The maximum atomic E-state index is 4.43. The van der Waals surface area contributed by atoms with E-state index in [9.17, 15) is 0 Å². The van der Waals surface area contributed by atoms with Crippen LogP contribution in [0.3, 0.4) is 0 Å². The van der Waals surface area contributed by atoms with E-state index in [-0.39, 0.29) is 0 Å². The number of guanidine groups is 1. The Kier molecular flexibility index (Phi) is 4.83. The van der Waals surface area contributed by atoms with Gasteiger partial charge in [-0.05, 0) is 40.0 Å². The molecule has 22 heavy (non-hydrogen) atoms. The molecule has 0 aromatic carbocycles. The van der Waals surface area contributed by atoms with Gasteiger partial charge in [-0.3, -0.25) is 9.67 Å². The molecule has 118 valence electrons. The Labute approximate surface area is 143 Å². The first kappa shape index (κ1) is 15.6. The van der Waals surface area contributed by atoms with E-state index >= 15 is 0 Å². The van der Waals surface area contributed by atoms with Gasteiger partial charge in [-0.15, -0.1) is 11.3 Å². The summed E-state index contributed by atoms with van der Waals surface area (Å²) in [6.07, 6.45) is 5.25. The zero-order valence-corrected chi connectivity index (χ0v) is 15.2. The number of aliphatic imine (C=N–C) groups is 1. The van der Waals surface area contributed by atoms with E-state index < -0.39 is 0 Å². The predicted molar refractivity (Wildman–Crippen MR) is 94.4 cm³/mol. The second-order valence-corrected chi connectivity index (χ2v) is 8.03. The van der Waals surface area contributed by atoms with Gasteiger partial charge < -0.3 is 10.2 Å². The molecular weight excluding hydrogens is 362 g/mol. The summed E-state index contributed by atoms with van der Waals surface area (Å²) in [6, 6.07) is 4.22. The third-order valence-corrected chi connectivity index (χ3v) is 5.57. The lowest BCUT2D eigenvalue weighted by Crippen LogP contribution is -2.39. The maximum Gasteiger partial charge on any atom is 0.193 e. The lowest BCUT2D eigenvalue weighted by atomic mass is 10.0. The molecule has 2 aromatic rings. The number of hydrogen-bond acceptors (Lipinski definition) is 3. The normalized spacial score (nSPS) is 19.0. The van der Waals surface area contributed by atoms with Crippen LogP contribution >= 0.6 is 27.3 Å². The minimum atomic E-state index is 0.545. The molecule has 1 unspecified atom stereocenters.